The van der Waals surface area contributed by atoms with Crippen LogP contribution in [0.4, 0.5) is 0 Å². The second-order valence-electron chi connectivity index (χ2n) is 6.61. The molecule has 3 aliphatic carbocycles. The molecule has 1 unspecified atom stereocenters. The van der Waals surface area contributed by atoms with Gasteiger partial charge in [0.25, 0.3) is 0 Å². The van der Waals surface area contributed by atoms with Crippen molar-refractivity contribution in [3.8, 4) is 0 Å². The first kappa shape index (κ1) is 10.4. The summed E-state index contributed by atoms with van der Waals surface area (Å²) in [6.07, 6.45) is 13.5. The molecule has 17 heavy (non-hydrogen) atoms. The lowest BCUT2D eigenvalue weighted by molar-refractivity contribution is 0.0461. The Labute approximate surface area is 104 Å². The molecule has 4 rings (SSSR count). The zero-order valence-corrected chi connectivity index (χ0v) is 10.8. The van der Waals surface area contributed by atoms with Gasteiger partial charge in [0.15, 0.2) is 0 Å². The average Bonchev–Trinajstić information content (AvgIpc) is 2.71. The Morgan fingerprint density at radius 3 is 3.18 bits per heavy atom. The van der Waals surface area contributed by atoms with Crippen LogP contribution >= 0.6 is 0 Å². The summed E-state index contributed by atoms with van der Waals surface area (Å²) in [7, 11) is 0. The Morgan fingerprint density at radius 2 is 2.24 bits per heavy atom. The van der Waals surface area contributed by atoms with Gasteiger partial charge in [-0.05, 0) is 49.6 Å². The van der Waals surface area contributed by atoms with E-state index in [2.05, 4.69) is 24.4 Å². The highest BCUT2D eigenvalue weighted by molar-refractivity contribution is 5.45. The molecule has 1 saturated carbocycles. The Hall–Kier alpha value is -0.560. The standard InChI is InChI=1S/C16H23N/c1-11-5-6-13-12(11)10-15-14-4-2-3-7-16(13,14)8-9-17-15/h5-6,11,14-15,17H,2-4,7-10H2,1H3/t11?,14-,15+,16-/m0/s1. The van der Waals surface area contributed by atoms with E-state index in [4.69, 9.17) is 0 Å². The van der Waals surface area contributed by atoms with Crippen LogP contribution in [0.2, 0.25) is 0 Å². The fourth-order valence-electron chi connectivity index (χ4n) is 5.20. The molecule has 4 atom stereocenters. The fourth-order valence-corrected chi connectivity index (χ4v) is 5.20. The smallest absolute Gasteiger partial charge is 0.0141 e. The van der Waals surface area contributed by atoms with Crippen LogP contribution in [0.1, 0.15) is 45.4 Å². The molecule has 1 saturated heterocycles. The fraction of sp³-hybridized carbons (Fsp3) is 0.750. The van der Waals surface area contributed by atoms with E-state index in [0.29, 0.717) is 11.3 Å². The minimum atomic E-state index is 0.586. The first-order valence-corrected chi connectivity index (χ1v) is 7.46. The Morgan fingerprint density at radius 1 is 1.29 bits per heavy atom. The van der Waals surface area contributed by atoms with Gasteiger partial charge in [0.05, 0.1) is 0 Å². The third-order valence-corrected chi connectivity index (χ3v) is 5.98. The number of allylic oxidation sites excluding steroid dienone is 3. The molecule has 0 radical (unpaired) electrons. The number of piperidine rings is 1. The first-order valence-electron chi connectivity index (χ1n) is 7.46. The first-order chi connectivity index (χ1) is 8.31. The van der Waals surface area contributed by atoms with Gasteiger partial charge in [0.1, 0.15) is 0 Å². The van der Waals surface area contributed by atoms with Crippen LogP contribution in [0.5, 0.6) is 0 Å². The Bertz CT molecular complexity index is 402. The lowest BCUT2D eigenvalue weighted by Gasteiger charge is -2.56. The van der Waals surface area contributed by atoms with Gasteiger partial charge in [-0.3, -0.25) is 0 Å². The molecule has 1 heteroatoms. The predicted molar refractivity (Wildman–Crippen MR) is 70.7 cm³/mol. The minimum absolute atomic E-state index is 0.586. The highest BCUT2D eigenvalue weighted by Crippen LogP contribution is 2.59. The van der Waals surface area contributed by atoms with Gasteiger partial charge >= 0.3 is 0 Å². The van der Waals surface area contributed by atoms with Crippen LogP contribution in [-0.4, -0.2) is 12.6 Å². The maximum absolute atomic E-state index is 3.82. The normalized spacial score (nSPS) is 47.9. The average molecular weight is 229 g/mol. The van der Waals surface area contributed by atoms with Crippen molar-refractivity contribution in [2.24, 2.45) is 17.3 Å². The second kappa shape index (κ2) is 3.47. The molecule has 0 aromatic heterocycles. The third kappa shape index (κ3) is 1.24. The van der Waals surface area contributed by atoms with E-state index in [1.54, 1.807) is 11.1 Å². The summed E-state index contributed by atoms with van der Waals surface area (Å²) in [5.74, 6) is 1.66. The quantitative estimate of drug-likeness (QED) is 0.671. The van der Waals surface area contributed by atoms with E-state index < -0.39 is 0 Å². The molecular weight excluding hydrogens is 206 g/mol. The molecule has 1 aliphatic heterocycles. The summed E-state index contributed by atoms with van der Waals surface area (Å²) in [4.78, 5) is 0. The summed E-state index contributed by atoms with van der Waals surface area (Å²) < 4.78 is 0. The zero-order chi connectivity index (χ0) is 11.5. The van der Waals surface area contributed by atoms with Crippen molar-refractivity contribution in [3.05, 3.63) is 23.3 Å². The molecule has 4 aliphatic rings. The van der Waals surface area contributed by atoms with E-state index in [1.165, 1.54) is 45.1 Å². The van der Waals surface area contributed by atoms with Crippen LogP contribution < -0.4 is 5.32 Å². The molecule has 1 heterocycles. The lowest BCUT2D eigenvalue weighted by atomic mass is 9.53. The van der Waals surface area contributed by atoms with Gasteiger partial charge in [-0.1, -0.05) is 37.5 Å². The predicted octanol–water partition coefficient (Wildman–Crippen LogP) is 3.43. The molecule has 0 aromatic carbocycles. The van der Waals surface area contributed by atoms with E-state index >= 15 is 0 Å². The summed E-state index contributed by atoms with van der Waals surface area (Å²) in [5.41, 5.74) is 4.15. The highest BCUT2D eigenvalue weighted by Gasteiger charge is 2.52. The van der Waals surface area contributed by atoms with Crippen molar-refractivity contribution in [1.29, 1.82) is 0 Å². The van der Waals surface area contributed by atoms with E-state index in [-0.39, 0.29) is 0 Å². The Balaban J connectivity index is 1.86. The van der Waals surface area contributed by atoms with Crippen LogP contribution in [0.3, 0.4) is 0 Å². The van der Waals surface area contributed by atoms with Crippen LogP contribution in [0.25, 0.3) is 0 Å². The maximum Gasteiger partial charge on any atom is 0.0141 e. The van der Waals surface area contributed by atoms with Crippen molar-refractivity contribution < 1.29 is 0 Å². The van der Waals surface area contributed by atoms with Gasteiger partial charge in [-0.2, -0.15) is 0 Å². The molecule has 92 valence electrons. The maximum atomic E-state index is 3.82. The van der Waals surface area contributed by atoms with Gasteiger partial charge < -0.3 is 5.32 Å². The number of hydrogen-bond acceptors (Lipinski definition) is 1. The van der Waals surface area contributed by atoms with Crippen molar-refractivity contribution in [2.75, 3.05) is 6.54 Å². The summed E-state index contributed by atoms with van der Waals surface area (Å²) >= 11 is 0. The van der Waals surface area contributed by atoms with Gasteiger partial charge in [0.2, 0.25) is 0 Å². The molecule has 0 spiro atoms. The van der Waals surface area contributed by atoms with Crippen LogP contribution in [0.15, 0.2) is 23.3 Å². The highest BCUT2D eigenvalue weighted by atomic mass is 15.0. The van der Waals surface area contributed by atoms with Crippen molar-refractivity contribution in [2.45, 2.75) is 51.5 Å². The van der Waals surface area contributed by atoms with E-state index in [9.17, 15) is 0 Å². The third-order valence-electron chi connectivity index (χ3n) is 5.98. The largest absolute Gasteiger partial charge is 0.313 e. The number of rotatable bonds is 0. The summed E-state index contributed by atoms with van der Waals surface area (Å²) in [5, 5.41) is 3.82. The summed E-state index contributed by atoms with van der Waals surface area (Å²) in [6.45, 7) is 3.63. The van der Waals surface area contributed by atoms with E-state index in [0.717, 1.165) is 12.0 Å². The van der Waals surface area contributed by atoms with Crippen LogP contribution in [0, 0.1) is 17.3 Å². The molecule has 0 aromatic rings. The molecule has 1 N–H and O–H groups in total. The topological polar surface area (TPSA) is 12.0 Å². The zero-order valence-electron chi connectivity index (χ0n) is 10.8. The van der Waals surface area contributed by atoms with E-state index in [1.807, 2.05) is 0 Å². The monoisotopic (exact) mass is 229 g/mol. The molecule has 2 fully saturated rings. The minimum Gasteiger partial charge on any atom is -0.313 e. The van der Waals surface area contributed by atoms with Crippen molar-refractivity contribution >= 4 is 0 Å². The van der Waals surface area contributed by atoms with Gasteiger partial charge in [-0.15, -0.1) is 0 Å². The van der Waals surface area contributed by atoms with Gasteiger partial charge in [0, 0.05) is 11.5 Å². The molecule has 1 nitrogen and oxygen atoms in total. The summed E-state index contributed by atoms with van der Waals surface area (Å²) in [6, 6.07) is 0.796. The van der Waals surface area contributed by atoms with Crippen molar-refractivity contribution in [3.63, 3.8) is 0 Å². The molecular formula is C16H23N. The van der Waals surface area contributed by atoms with Crippen molar-refractivity contribution in [1.82, 2.24) is 5.32 Å². The number of nitrogens with one attached hydrogen (secondary N) is 1. The SMILES string of the molecule is CC1C=CC2=C1C[C@H]1NCC[C@@]23CCCC[C@@H]13. The second-order valence-corrected chi connectivity index (χ2v) is 6.61. The molecule has 2 bridgehead atoms. The number of hydrogen-bond donors (Lipinski definition) is 1. The Kier molecular flexibility index (Phi) is 2.12. The van der Waals surface area contributed by atoms with Gasteiger partial charge in [-0.25, -0.2) is 0 Å². The van der Waals surface area contributed by atoms with Crippen LogP contribution in [-0.2, 0) is 0 Å². The lowest BCUT2D eigenvalue weighted by Crippen LogP contribution is -2.56. The molecule has 0 amide bonds.